The van der Waals surface area contributed by atoms with Crippen molar-refractivity contribution in [3.05, 3.63) is 48.0 Å². The smallest absolute Gasteiger partial charge is 0.254 e. The minimum Gasteiger partial charge on any atom is -0.336 e. The lowest BCUT2D eigenvalue weighted by Gasteiger charge is -2.35. The lowest BCUT2D eigenvalue weighted by molar-refractivity contribution is -0.117. The summed E-state index contributed by atoms with van der Waals surface area (Å²) in [6.45, 7) is 2.09. The van der Waals surface area contributed by atoms with E-state index in [9.17, 15) is 9.59 Å². The SMILES string of the molecule is Cl.Cn1ccnc1C1CNCCN1C(=O)c1ccc(NC(=O)C2CC2)cc1. The maximum absolute atomic E-state index is 13.0. The highest BCUT2D eigenvalue weighted by Gasteiger charge is 2.31. The number of carbonyl (C=O) groups excluding carboxylic acids is 2. The number of halogens is 1. The van der Waals surface area contributed by atoms with E-state index in [2.05, 4.69) is 15.6 Å². The third-order valence-electron chi connectivity index (χ3n) is 5.01. The molecule has 2 aromatic rings. The lowest BCUT2D eigenvalue weighted by atomic mass is 10.1. The fourth-order valence-corrected chi connectivity index (χ4v) is 3.33. The van der Waals surface area contributed by atoms with Crippen LogP contribution in [-0.2, 0) is 11.8 Å². The summed E-state index contributed by atoms with van der Waals surface area (Å²) in [7, 11) is 1.94. The van der Waals surface area contributed by atoms with Crippen molar-refractivity contribution >= 4 is 29.9 Å². The number of carbonyl (C=O) groups is 2. The Labute approximate surface area is 164 Å². The van der Waals surface area contributed by atoms with Gasteiger partial charge in [-0.15, -0.1) is 12.4 Å². The van der Waals surface area contributed by atoms with Crippen LogP contribution in [0.2, 0.25) is 0 Å². The standard InChI is InChI=1S/C19H23N5O2.ClH/c1-23-10-9-21-17(23)16-12-20-8-11-24(16)19(26)14-4-6-15(7-5-14)22-18(25)13-2-3-13;/h4-7,9-10,13,16,20H,2-3,8,11-12H2,1H3,(H,22,25);1H. The summed E-state index contributed by atoms with van der Waals surface area (Å²) < 4.78 is 1.95. The van der Waals surface area contributed by atoms with Gasteiger partial charge in [-0.2, -0.15) is 0 Å². The molecule has 1 atom stereocenters. The Morgan fingerprint density at radius 1 is 1.22 bits per heavy atom. The Morgan fingerprint density at radius 2 is 1.96 bits per heavy atom. The summed E-state index contributed by atoms with van der Waals surface area (Å²) in [5.41, 5.74) is 1.36. The second-order valence-corrected chi connectivity index (χ2v) is 6.96. The molecule has 1 saturated carbocycles. The summed E-state index contributed by atoms with van der Waals surface area (Å²) >= 11 is 0. The van der Waals surface area contributed by atoms with Crippen LogP contribution >= 0.6 is 12.4 Å². The van der Waals surface area contributed by atoms with E-state index in [0.29, 0.717) is 18.7 Å². The van der Waals surface area contributed by atoms with Gasteiger partial charge >= 0.3 is 0 Å². The minimum atomic E-state index is -0.0921. The van der Waals surface area contributed by atoms with Crippen molar-refractivity contribution < 1.29 is 9.59 Å². The average molecular weight is 390 g/mol. The number of nitrogens with one attached hydrogen (secondary N) is 2. The number of benzene rings is 1. The van der Waals surface area contributed by atoms with Gasteiger partial charge in [0.05, 0.1) is 0 Å². The van der Waals surface area contributed by atoms with Crippen LogP contribution in [0, 0.1) is 5.92 Å². The molecule has 1 unspecified atom stereocenters. The predicted octanol–water partition coefficient (Wildman–Crippen LogP) is 1.98. The Balaban J connectivity index is 0.00000210. The summed E-state index contributed by atoms with van der Waals surface area (Å²) in [6.07, 6.45) is 5.59. The molecule has 0 radical (unpaired) electrons. The number of hydrogen-bond acceptors (Lipinski definition) is 4. The molecule has 1 aromatic heterocycles. The minimum absolute atomic E-state index is 0. The zero-order valence-electron chi connectivity index (χ0n) is 15.2. The quantitative estimate of drug-likeness (QED) is 0.838. The molecule has 144 valence electrons. The van der Waals surface area contributed by atoms with Crippen LogP contribution in [-0.4, -0.2) is 45.9 Å². The van der Waals surface area contributed by atoms with Gasteiger partial charge in [0.15, 0.2) is 0 Å². The maximum Gasteiger partial charge on any atom is 0.254 e. The van der Waals surface area contributed by atoms with Crippen LogP contribution in [0.25, 0.3) is 0 Å². The first-order valence-corrected chi connectivity index (χ1v) is 9.03. The van der Waals surface area contributed by atoms with E-state index in [1.807, 2.05) is 22.7 Å². The topological polar surface area (TPSA) is 79.3 Å². The molecular weight excluding hydrogens is 366 g/mol. The number of nitrogens with zero attached hydrogens (tertiary/aromatic N) is 3. The lowest BCUT2D eigenvalue weighted by Crippen LogP contribution is -2.49. The van der Waals surface area contributed by atoms with Crippen LogP contribution in [0.4, 0.5) is 5.69 Å². The van der Waals surface area contributed by atoms with E-state index < -0.39 is 0 Å². The van der Waals surface area contributed by atoms with Gasteiger partial charge < -0.3 is 20.1 Å². The van der Waals surface area contributed by atoms with E-state index in [0.717, 1.165) is 30.9 Å². The molecule has 0 spiro atoms. The number of anilines is 1. The fraction of sp³-hybridized carbons (Fsp3) is 0.421. The zero-order chi connectivity index (χ0) is 18.1. The van der Waals surface area contributed by atoms with Gasteiger partial charge in [-0.25, -0.2) is 4.98 Å². The molecule has 27 heavy (non-hydrogen) atoms. The number of piperazine rings is 1. The number of amides is 2. The Kier molecular flexibility index (Phi) is 5.82. The first-order chi connectivity index (χ1) is 12.6. The van der Waals surface area contributed by atoms with Crippen molar-refractivity contribution in [1.29, 1.82) is 0 Å². The van der Waals surface area contributed by atoms with Crippen molar-refractivity contribution in [2.45, 2.75) is 18.9 Å². The Morgan fingerprint density at radius 3 is 2.59 bits per heavy atom. The fourth-order valence-electron chi connectivity index (χ4n) is 3.33. The van der Waals surface area contributed by atoms with Gasteiger partial charge in [0, 0.05) is 56.2 Å². The molecule has 0 bridgehead atoms. The van der Waals surface area contributed by atoms with E-state index in [1.54, 1.807) is 30.5 Å². The molecule has 1 aromatic carbocycles. The summed E-state index contributed by atoms with van der Waals surface area (Å²) in [4.78, 5) is 31.2. The molecule has 2 amide bonds. The highest BCUT2D eigenvalue weighted by atomic mass is 35.5. The molecule has 4 rings (SSSR count). The number of hydrogen-bond donors (Lipinski definition) is 2. The molecular formula is C19H24ClN5O2. The first-order valence-electron chi connectivity index (χ1n) is 9.03. The van der Waals surface area contributed by atoms with E-state index >= 15 is 0 Å². The maximum atomic E-state index is 13.0. The second-order valence-electron chi connectivity index (χ2n) is 6.96. The molecule has 1 aliphatic carbocycles. The number of aromatic nitrogens is 2. The van der Waals surface area contributed by atoms with Gasteiger partial charge in [-0.3, -0.25) is 9.59 Å². The third kappa shape index (κ3) is 4.14. The van der Waals surface area contributed by atoms with E-state index in [1.165, 1.54) is 0 Å². The van der Waals surface area contributed by atoms with Crippen LogP contribution in [0.3, 0.4) is 0 Å². The molecule has 2 fully saturated rings. The van der Waals surface area contributed by atoms with Crippen LogP contribution in [0.15, 0.2) is 36.7 Å². The predicted molar refractivity (Wildman–Crippen MR) is 105 cm³/mol. The first kappa shape index (κ1) is 19.4. The van der Waals surface area contributed by atoms with Crippen molar-refractivity contribution in [2.24, 2.45) is 13.0 Å². The average Bonchev–Trinajstić information content (AvgIpc) is 3.43. The zero-order valence-corrected chi connectivity index (χ0v) is 16.0. The van der Waals surface area contributed by atoms with Crippen LogP contribution in [0.1, 0.15) is 35.1 Å². The third-order valence-corrected chi connectivity index (χ3v) is 5.01. The van der Waals surface area contributed by atoms with Crippen molar-refractivity contribution in [2.75, 3.05) is 25.0 Å². The Bertz CT molecular complexity index is 816. The van der Waals surface area contributed by atoms with Crippen molar-refractivity contribution in [1.82, 2.24) is 19.8 Å². The van der Waals surface area contributed by atoms with Crippen LogP contribution < -0.4 is 10.6 Å². The van der Waals surface area contributed by atoms with Crippen LogP contribution in [0.5, 0.6) is 0 Å². The second kappa shape index (κ2) is 8.10. The number of aryl methyl sites for hydroxylation is 1. The Hall–Kier alpha value is -2.38. The molecule has 2 heterocycles. The summed E-state index contributed by atoms with van der Waals surface area (Å²) in [5.74, 6) is 1.09. The van der Waals surface area contributed by atoms with E-state index in [4.69, 9.17) is 0 Å². The molecule has 1 aliphatic heterocycles. The monoisotopic (exact) mass is 389 g/mol. The van der Waals surface area contributed by atoms with Gasteiger partial charge in [-0.1, -0.05) is 0 Å². The highest BCUT2D eigenvalue weighted by molar-refractivity contribution is 5.97. The normalized spacial score (nSPS) is 19.3. The molecule has 2 aliphatic rings. The summed E-state index contributed by atoms with van der Waals surface area (Å²) in [6, 6.07) is 7.06. The van der Waals surface area contributed by atoms with Gasteiger partial charge in [0.25, 0.3) is 5.91 Å². The molecule has 1 saturated heterocycles. The highest BCUT2D eigenvalue weighted by Crippen LogP contribution is 2.30. The number of rotatable bonds is 4. The van der Waals surface area contributed by atoms with Gasteiger partial charge in [-0.05, 0) is 37.1 Å². The summed E-state index contributed by atoms with van der Waals surface area (Å²) in [5, 5.41) is 6.24. The van der Waals surface area contributed by atoms with Crippen molar-refractivity contribution in [3.8, 4) is 0 Å². The van der Waals surface area contributed by atoms with Gasteiger partial charge in [0.2, 0.25) is 5.91 Å². The van der Waals surface area contributed by atoms with Crippen molar-refractivity contribution in [3.63, 3.8) is 0 Å². The molecule has 7 nitrogen and oxygen atoms in total. The molecule has 8 heteroatoms. The largest absolute Gasteiger partial charge is 0.336 e. The van der Waals surface area contributed by atoms with E-state index in [-0.39, 0.29) is 36.2 Å². The molecule has 2 N–H and O–H groups in total. The number of imidazole rings is 1. The van der Waals surface area contributed by atoms with Gasteiger partial charge in [0.1, 0.15) is 11.9 Å².